The van der Waals surface area contributed by atoms with Crippen LogP contribution in [0.25, 0.3) is 17.3 Å². The van der Waals surface area contributed by atoms with Crippen molar-refractivity contribution >= 4 is 0 Å². The second-order valence-corrected chi connectivity index (χ2v) is 6.56. The van der Waals surface area contributed by atoms with Crippen molar-refractivity contribution in [1.29, 1.82) is 0 Å². The first-order valence-corrected chi connectivity index (χ1v) is 9.39. The van der Waals surface area contributed by atoms with Gasteiger partial charge in [0.25, 0.3) is 0 Å². The summed E-state index contributed by atoms with van der Waals surface area (Å²) in [5.74, 6) is 2.08. The van der Waals surface area contributed by atoms with Gasteiger partial charge in [-0.05, 0) is 55.0 Å². The number of allylic oxidation sites excluding steroid dienone is 1. The second-order valence-electron chi connectivity index (χ2n) is 6.56. The molecule has 0 aliphatic rings. The van der Waals surface area contributed by atoms with Crippen LogP contribution in [-0.4, -0.2) is 40.1 Å². The Hall–Kier alpha value is -4.01. The predicted molar refractivity (Wildman–Crippen MR) is 110 cm³/mol. The quantitative estimate of drug-likeness (QED) is 0.436. The van der Waals surface area contributed by atoms with Gasteiger partial charge in [-0.2, -0.15) is 9.67 Å². The zero-order chi connectivity index (χ0) is 20.9. The number of aryl methyl sites for hydroxylation is 2. The first-order valence-electron chi connectivity index (χ1n) is 9.39. The number of nitrogens with zero attached hydrogens (tertiary/aromatic N) is 8. The van der Waals surface area contributed by atoms with Crippen molar-refractivity contribution in [1.82, 2.24) is 40.1 Å². The molecule has 0 spiro atoms. The molecule has 0 saturated carbocycles. The summed E-state index contributed by atoms with van der Waals surface area (Å²) in [5, 5.41) is 11.9. The highest BCUT2D eigenvalue weighted by Crippen LogP contribution is 2.24. The summed E-state index contributed by atoms with van der Waals surface area (Å²) in [5.41, 5.74) is 3.21. The number of ether oxygens (including phenoxy) is 1. The molecule has 0 radical (unpaired) electrons. The molecular weight excluding hydrogens is 380 g/mol. The minimum Gasteiger partial charge on any atom is -0.469 e. The van der Waals surface area contributed by atoms with Crippen LogP contribution in [0.15, 0.2) is 55.3 Å². The summed E-state index contributed by atoms with van der Waals surface area (Å²) in [6, 6.07) is 11.2. The normalized spacial score (nSPS) is 10.7. The van der Waals surface area contributed by atoms with E-state index in [2.05, 4.69) is 42.0 Å². The summed E-state index contributed by atoms with van der Waals surface area (Å²) in [4.78, 5) is 18.0. The van der Waals surface area contributed by atoms with Gasteiger partial charge in [0.1, 0.15) is 5.69 Å². The SMILES string of the molecule is C=CCc1c(C)nc(-c2ccccn2)nc1OCc1nnnn1-c1cccc(C)n1. The minimum absolute atomic E-state index is 0.116. The summed E-state index contributed by atoms with van der Waals surface area (Å²) in [6.45, 7) is 7.77. The van der Waals surface area contributed by atoms with Gasteiger partial charge in [0.05, 0.1) is 0 Å². The largest absolute Gasteiger partial charge is 0.469 e. The van der Waals surface area contributed by atoms with E-state index in [1.807, 2.05) is 50.2 Å². The van der Waals surface area contributed by atoms with Gasteiger partial charge in [-0.15, -0.1) is 11.7 Å². The van der Waals surface area contributed by atoms with Crippen molar-refractivity contribution in [2.24, 2.45) is 0 Å². The summed E-state index contributed by atoms with van der Waals surface area (Å²) >= 11 is 0. The molecule has 30 heavy (non-hydrogen) atoms. The zero-order valence-electron chi connectivity index (χ0n) is 16.7. The molecule has 0 aromatic carbocycles. The third kappa shape index (κ3) is 4.04. The number of aromatic nitrogens is 8. The van der Waals surface area contributed by atoms with Crippen LogP contribution in [0.1, 0.15) is 22.8 Å². The van der Waals surface area contributed by atoms with Crippen molar-refractivity contribution < 1.29 is 4.74 Å². The summed E-state index contributed by atoms with van der Waals surface area (Å²) in [6.07, 6.45) is 4.07. The van der Waals surface area contributed by atoms with Crippen LogP contribution in [0.4, 0.5) is 0 Å². The van der Waals surface area contributed by atoms with Gasteiger partial charge in [-0.25, -0.2) is 9.97 Å². The molecule has 0 bridgehead atoms. The van der Waals surface area contributed by atoms with E-state index in [-0.39, 0.29) is 6.61 Å². The number of rotatable bonds is 7. The third-order valence-electron chi connectivity index (χ3n) is 4.38. The molecule has 0 amide bonds. The van der Waals surface area contributed by atoms with Crippen molar-refractivity contribution in [3.05, 3.63) is 78.0 Å². The second kappa shape index (κ2) is 8.56. The average Bonchev–Trinajstić information content (AvgIpc) is 3.23. The van der Waals surface area contributed by atoms with E-state index in [9.17, 15) is 0 Å². The first kappa shape index (κ1) is 19.3. The molecule has 4 rings (SSSR count). The number of pyridine rings is 2. The molecule has 0 aliphatic heterocycles. The highest BCUT2D eigenvalue weighted by atomic mass is 16.5. The number of hydrogen-bond acceptors (Lipinski definition) is 8. The topological polar surface area (TPSA) is 104 Å². The lowest BCUT2D eigenvalue weighted by Gasteiger charge is -2.13. The maximum atomic E-state index is 6.05. The minimum atomic E-state index is 0.116. The fourth-order valence-corrected chi connectivity index (χ4v) is 2.93. The van der Waals surface area contributed by atoms with Gasteiger partial charge >= 0.3 is 0 Å². The van der Waals surface area contributed by atoms with Crippen LogP contribution < -0.4 is 4.74 Å². The Kier molecular flexibility index (Phi) is 5.51. The molecule has 0 aliphatic carbocycles. The highest BCUT2D eigenvalue weighted by Gasteiger charge is 2.16. The van der Waals surface area contributed by atoms with E-state index in [0.29, 0.717) is 35.5 Å². The summed E-state index contributed by atoms with van der Waals surface area (Å²) < 4.78 is 7.60. The van der Waals surface area contributed by atoms with E-state index >= 15 is 0 Å². The molecule has 0 N–H and O–H groups in total. The van der Waals surface area contributed by atoms with Crippen LogP contribution in [0.5, 0.6) is 5.88 Å². The van der Waals surface area contributed by atoms with Crippen molar-refractivity contribution in [3.8, 4) is 23.2 Å². The molecule has 150 valence electrons. The molecule has 9 heteroatoms. The monoisotopic (exact) mass is 400 g/mol. The number of hydrogen-bond donors (Lipinski definition) is 0. The smallest absolute Gasteiger partial charge is 0.221 e. The van der Waals surface area contributed by atoms with Crippen molar-refractivity contribution in [2.45, 2.75) is 26.9 Å². The van der Waals surface area contributed by atoms with Crippen LogP contribution in [0, 0.1) is 13.8 Å². The molecule has 0 unspecified atom stereocenters. The fourth-order valence-electron chi connectivity index (χ4n) is 2.93. The van der Waals surface area contributed by atoms with E-state index in [1.54, 1.807) is 17.0 Å². The third-order valence-corrected chi connectivity index (χ3v) is 4.38. The highest BCUT2D eigenvalue weighted by molar-refractivity contribution is 5.51. The van der Waals surface area contributed by atoms with Gasteiger partial charge < -0.3 is 4.74 Å². The molecule has 0 saturated heterocycles. The van der Waals surface area contributed by atoms with Crippen LogP contribution in [0.2, 0.25) is 0 Å². The van der Waals surface area contributed by atoms with E-state index in [1.165, 1.54) is 0 Å². The Morgan fingerprint density at radius 2 is 1.97 bits per heavy atom. The zero-order valence-corrected chi connectivity index (χ0v) is 16.7. The van der Waals surface area contributed by atoms with Crippen molar-refractivity contribution in [3.63, 3.8) is 0 Å². The van der Waals surface area contributed by atoms with E-state index in [0.717, 1.165) is 17.0 Å². The van der Waals surface area contributed by atoms with E-state index in [4.69, 9.17) is 4.74 Å². The molecule has 0 fully saturated rings. The Bertz CT molecular complexity index is 1170. The molecule has 4 aromatic rings. The lowest BCUT2D eigenvalue weighted by atomic mass is 10.1. The Labute approximate surface area is 173 Å². The molecule has 0 atom stereocenters. The predicted octanol–water partition coefficient (Wildman–Crippen LogP) is 2.83. The maximum Gasteiger partial charge on any atom is 0.221 e. The summed E-state index contributed by atoms with van der Waals surface area (Å²) in [7, 11) is 0. The van der Waals surface area contributed by atoms with E-state index < -0.39 is 0 Å². The number of tetrazole rings is 1. The van der Waals surface area contributed by atoms with Crippen LogP contribution in [-0.2, 0) is 13.0 Å². The molecule has 4 heterocycles. The molecular formula is C21H20N8O. The van der Waals surface area contributed by atoms with Crippen LogP contribution in [0.3, 0.4) is 0 Å². The van der Waals surface area contributed by atoms with Gasteiger partial charge in [0, 0.05) is 23.1 Å². The lowest BCUT2D eigenvalue weighted by Crippen LogP contribution is -2.11. The Morgan fingerprint density at radius 1 is 1.07 bits per heavy atom. The van der Waals surface area contributed by atoms with Gasteiger partial charge in [0.15, 0.2) is 24.1 Å². The standard InChI is InChI=1S/C21H20N8O/c1-4-8-16-15(3)24-20(17-10-5-6-12-22-17)25-21(16)30-13-19-26-27-28-29(19)18-11-7-9-14(2)23-18/h4-7,9-12H,1,8,13H2,2-3H3. The lowest BCUT2D eigenvalue weighted by molar-refractivity contribution is 0.277. The van der Waals surface area contributed by atoms with Crippen LogP contribution >= 0.6 is 0 Å². The fraction of sp³-hybridized carbons (Fsp3) is 0.190. The first-order chi connectivity index (χ1) is 14.7. The van der Waals surface area contributed by atoms with Crippen molar-refractivity contribution in [2.75, 3.05) is 0 Å². The maximum absolute atomic E-state index is 6.05. The average molecular weight is 400 g/mol. The Balaban J connectivity index is 1.66. The van der Waals surface area contributed by atoms with Gasteiger partial charge in [-0.3, -0.25) is 4.98 Å². The van der Waals surface area contributed by atoms with Gasteiger partial charge in [0.2, 0.25) is 5.88 Å². The molecule has 9 nitrogen and oxygen atoms in total. The Morgan fingerprint density at radius 3 is 2.73 bits per heavy atom. The molecule has 4 aromatic heterocycles. The van der Waals surface area contributed by atoms with Gasteiger partial charge in [-0.1, -0.05) is 18.2 Å².